The number of nitrogens with zero attached hydrogens (tertiary/aromatic N) is 3. The first-order valence-corrected chi connectivity index (χ1v) is 10.0. The third kappa shape index (κ3) is 4.77. The SMILES string of the molecule is CC[C@H](NC(=O)CSc1nnc(-c2ccccc2)n1C)c1ccc(C)cc1. The number of thioether (sulfide) groups is 1. The van der Waals surface area contributed by atoms with Gasteiger partial charge in [0.05, 0.1) is 11.8 Å². The molecule has 0 fully saturated rings. The Morgan fingerprint density at radius 2 is 1.81 bits per heavy atom. The van der Waals surface area contributed by atoms with E-state index in [1.54, 1.807) is 0 Å². The van der Waals surface area contributed by atoms with E-state index >= 15 is 0 Å². The standard InChI is InChI=1S/C21H24N4OS/c1-4-18(16-12-10-15(2)11-13-16)22-19(26)14-27-21-24-23-20(25(21)3)17-8-6-5-7-9-17/h5-13,18H,4,14H2,1-3H3,(H,22,26)/t18-/m0/s1. The molecule has 0 saturated carbocycles. The van der Waals surface area contributed by atoms with Crippen LogP contribution in [0.3, 0.4) is 0 Å². The summed E-state index contributed by atoms with van der Waals surface area (Å²) in [7, 11) is 1.92. The molecule has 3 aromatic rings. The minimum absolute atomic E-state index is 0.00307. The normalized spacial score (nSPS) is 12.0. The summed E-state index contributed by atoms with van der Waals surface area (Å²) in [6.07, 6.45) is 0.849. The van der Waals surface area contributed by atoms with Gasteiger partial charge >= 0.3 is 0 Å². The third-order valence-corrected chi connectivity index (χ3v) is 5.44. The lowest BCUT2D eigenvalue weighted by Crippen LogP contribution is -2.29. The molecule has 0 aliphatic heterocycles. The summed E-state index contributed by atoms with van der Waals surface area (Å²) in [5.41, 5.74) is 3.35. The van der Waals surface area contributed by atoms with E-state index in [1.807, 2.05) is 41.9 Å². The summed E-state index contributed by atoms with van der Waals surface area (Å²) < 4.78 is 1.92. The van der Waals surface area contributed by atoms with Crippen molar-refractivity contribution in [1.82, 2.24) is 20.1 Å². The fourth-order valence-electron chi connectivity index (χ4n) is 2.87. The van der Waals surface area contributed by atoms with E-state index in [-0.39, 0.29) is 11.9 Å². The minimum atomic E-state index is -0.00307. The molecule has 0 radical (unpaired) electrons. The molecular formula is C21H24N4OS. The Bertz CT molecular complexity index is 890. The van der Waals surface area contributed by atoms with Gasteiger partial charge in [0.2, 0.25) is 5.91 Å². The first-order chi connectivity index (χ1) is 13.1. The van der Waals surface area contributed by atoms with Gasteiger partial charge in [0.1, 0.15) is 0 Å². The summed E-state index contributed by atoms with van der Waals surface area (Å²) in [5.74, 6) is 1.10. The van der Waals surface area contributed by atoms with Gasteiger partial charge in [-0.1, -0.05) is 78.8 Å². The number of hydrogen-bond acceptors (Lipinski definition) is 4. The van der Waals surface area contributed by atoms with E-state index in [4.69, 9.17) is 0 Å². The molecule has 27 heavy (non-hydrogen) atoms. The van der Waals surface area contributed by atoms with Crippen molar-refractivity contribution in [3.63, 3.8) is 0 Å². The predicted octanol–water partition coefficient (Wildman–Crippen LogP) is 4.15. The summed E-state index contributed by atoms with van der Waals surface area (Å²) in [5, 5.41) is 12.3. The molecule has 5 nitrogen and oxygen atoms in total. The van der Waals surface area contributed by atoms with Crippen molar-refractivity contribution in [1.29, 1.82) is 0 Å². The summed E-state index contributed by atoms with van der Waals surface area (Å²) >= 11 is 1.40. The van der Waals surface area contributed by atoms with E-state index in [0.29, 0.717) is 5.75 Å². The highest BCUT2D eigenvalue weighted by molar-refractivity contribution is 7.99. The molecule has 3 rings (SSSR count). The van der Waals surface area contributed by atoms with Crippen LogP contribution in [0.4, 0.5) is 0 Å². The van der Waals surface area contributed by atoms with Gasteiger partial charge < -0.3 is 9.88 Å². The zero-order chi connectivity index (χ0) is 19.2. The Labute approximate surface area is 164 Å². The van der Waals surface area contributed by atoms with Crippen LogP contribution in [0.1, 0.15) is 30.5 Å². The number of aryl methyl sites for hydroxylation is 1. The van der Waals surface area contributed by atoms with Crippen molar-refractivity contribution in [3.05, 3.63) is 65.7 Å². The van der Waals surface area contributed by atoms with Crippen molar-refractivity contribution in [2.45, 2.75) is 31.5 Å². The highest BCUT2D eigenvalue weighted by Crippen LogP contribution is 2.23. The molecule has 140 valence electrons. The number of carbonyl (C=O) groups is 1. The van der Waals surface area contributed by atoms with Crippen molar-refractivity contribution >= 4 is 17.7 Å². The van der Waals surface area contributed by atoms with Crippen LogP contribution in [0.2, 0.25) is 0 Å². The van der Waals surface area contributed by atoms with Crippen LogP contribution in [-0.2, 0) is 11.8 Å². The van der Waals surface area contributed by atoms with E-state index in [9.17, 15) is 4.79 Å². The van der Waals surface area contributed by atoms with E-state index < -0.39 is 0 Å². The van der Waals surface area contributed by atoms with E-state index in [1.165, 1.54) is 17.3 Å². The van der Waals surface area contributed by atoms with E-state index in [2.05, 4.69) is 53.6 Å². The van der Waals surface area contributed by atoms with Gasteiger partial charge in [0.25, 0.3) is 0 Å². The molecule has 1 heterocycles. The number of amides is 1. The number of carbonyl (C=O) groups excluding carboxylic acids is 1. The molecule has 1 atom stereocenters. The Hall–Kier alpha value is -2.60. The van der Waals surface area contributed by atoms with Gasteiger partial charge in [-0.3, -0.25) is 4.79 Å². The lowest BCUT2D eigenvalue weighted by Gasteiger charge is -2.17. The van der Waals surface area contributed by atoms with E-state index in [0.717, 1.165) is 28.5 Å². The molecule has 1 amide bonds. The maximum atomic E-state index is 12.4. The average molecular weight is 381 g/mol. The van der Waals surface area contributed by atoms with Crippen LogP contribution in [0.5, 0.6) is 0 Å². The Morgan fingerprint density at radius 3 is 2.48 bits per heavy atom. The average Bonchev–Trinajstić information content (AvgIpc) is 3.06. The van der Waals surface area contributed by atoms with Crippen LogP contribution in [0.15, 0.2) is 59.8 Å². The molecule has 1 N–H and O–H groups in total. The summed E-state index contributed by atoms with van der Waals surface area (Å²) in [6, 6.07) is 18.2. The zero-order valence-electron chi connectivity index (χ0n) is 15.8. The molecule has 0 aliphatic rings. The fraction of sp³-hybridized carbons (Fsp3) is 0.286. The molecule has 0 unspecified atom stereocenters. The number of nitrogens with one attached hydrogen (secondary N) is 1. The maximum Gasteiger partial charge on any atom is 0.230 e. The van der Waals surface area contributed by atoms with Crippen LogP contribution in [0, 0.1) is 6.92 Å². The maximum absolute atomic E-state index is 12.4. The van der Waals surface area contributed by atoms with Crippen molar-refractivity contribution in [3.8, 4) is 11.4 Å². The van der Waals surface area contributed by atoms with Gasteiger partial charge in [0.15, 0.2) is 11.0 Å². The lowest BCUT2D eigenvalue weighted by molar-refractivity contribution is -0.119. The highest BCUT2D eigenvalue weighted by atomic mass is 32.2. The van der Waals surface area contributed by atoms with Gasteiger partial charge in [-0.2, -0.15) is 0 Å². The Balaban J connectivity index is 1.60. The zero-order valence-corrected chi connectivity index (χ0v) is 16.7. The second-order valence-electron chi connectivity index (χ2n) is 6.46. The van der Waals surface area contributed by atoms with Gasteiger partial charge in [-0.05, 0) is 18.9 Å². The molecule has 0 saturated heterocycles. The molecule has 6 heteroatoms. The second-order valence-corrected chi connectivity index (χ2v) is 7.40. The third-order valence-electron chi connectivity index (χ3n) is 4.42. The largest absolute Gasteiger partial charge is 0.349 e. The molecule has 0 bridgehead atoms. The number of aromatic nitrogens is 3. The highest BCUT2D eigenvalue weighted by Gasteiger charge is 2.15. The van der Waals surface area contributed by atoms with Crippen molar-refractivity contribution in [2.75, 3.05) is 5.75 Å². The number of benzene rings is 2. The summed E-state index contributed by atoms with van der Waals surface area (Å²) in [4.78, 5) is 12.4. The number of hydrogen-bond donors (Lipinski definition) is 1. The van der Waals surface area contributed by atoms with Crippen LogP contribution in [0.25, 0.3) is 11.4 Å². The topological polar surface area (TPSA) is 59.8 Å². The van der Waals surface area contributed by atoms with Gasteiger partial charge in [-0.25, -0.2) is 0 Å². The predicted molar refractivity (Wildman–Crippen MR) is 110 cm³/mol. The fourth-order valence-corrected chi connectivity index (χ4v) is 3.59. The monoisotopic (exact) mass is 380 g/mol. The second kappa shape index (κ2) is 8.86. The smallest absolute Gasteiger partial charge is 0.230 e. The Kier molecular flexibility index (Phi) is 6.29. The molecule has 0 spiro atoms. The van der Waals surface area contributed by atoms with Crippen molar-refractivity contribution in [2.24, 2.45) is 7.05 Å². The molecule has 2 aromatic carbocycles. The van der Waals surface area contributed by atoms with Crippen LogP contribution >= 0.6 is 11.8 Å². The van der Waals surface area contributed by atoms with Gasteiger partial charge in [-0.15, -0.1) is 10.2 Å². The first-order valence-electron chi connectivity index (χ1n) is 9.02. The van der Waals surface area contributed by atoms with Crippen LogP contribution in [-0.4, -0.2) is 26.4 Å². The number of rotatable bonds is 7. The summed E-state index contributed by atoms with van der Waals surface area (Å²) in [6.45, 7) is 4.14. The molecule has 0 aliphatic carbocycles. The van der Waals surface area contributed by atoms with Gasteiger partial charge in [0, 0.05) is 12.6 Å². The molecular weight excluding hydrogens is 356 g/mol. The lowest BCUT2D eigenvalue weighted by atomic mass is 10.0. The quantitative estimate of drug-likeness (QED) is 0.626. The minimum Gasteiger partial charge on any atom is -0.349 e. The first kappa shape index (κ1) is 19.2. The van der Waals surface area contributed by atoms with Crippen molar-refractivity contribution < 1.29 is 4.79 Å². The molecule has 1 aromatic heterocycles. The van der Waals surface area contributed by atoms with Crippen LogP contribution < -0.4 is 5.32 Å². The Morgan fingerprint density at radius 1 is 1.11 bits per heavy atom.